The van der Waals surface area contributed by atoms with Crippen molar-refractivity contribution in [2.75, 3.05) is 13.2 Å². The summed E-state index contributed by atoms with van der Waals surface area (Å²) in [4.78, 5) is 42.6. The molecule has 0 aromatic heterocycles. The van der Waals surface area contributed by atoms with E-state index in [9.17, 15) is 23.7 Å². The zero-order valence-electron chi connectivity index (χ0n) is 42.5. The van der Waals surface area contributed by atoms with Gasteiger partial charge >= 0.3 is 17.9 Å². The second kappa shape index (κ2) is 28.4. The Morgan fingerprint density at radius 3 is 1.37 bits per heavy atom. The van der Waals surface area contributed by atoms with Crippen LogP contribution in [0.4, 0.5) is 0 Å². The number of hydrogen-bond donors (Lipinski definition) is 1. The van der Waals surface area contributed by atoms with E-state index in [2.05, 4.69) is 0 Å². The number of ether oxygens (including phenoxy) is 10. The van der Waals surface area contributed by atoms with Gasteiger partial charge in [0.1, 0.15) is 43.2 Å². The Morgan fingerprint density at radius 2 is 0.859 bits per heavy atom. The summed E-state index contributed by atoms with van der Waals surface area (Å²) in [6.45, 7) is -0.519. The first kappa shape index (κ1) is 55.5. The lowest BCUT2D eigenvalue weighted by Gasteiger charge is -2.45. The smallest absolute Gasteiger partial charge is 0.417 e. The molecule has 2 saturated heterocycles. The molecule has 16 heteroatoms. The van der Waals surface area contributed by atoms with Gasteiger partial charge in [-0.3, -0.25) is 4.21 Å². The highest BCUT2D eigenvalue weighted by atomic mass is 32.2. The lowest BCUT2D eigenvalue weighted by atomic mass is 9.98. The molecular formula is C62H60O15S. The van der Waals surface area contributed by atoms with Crippen molar-refractivity contribution in [3.05, 3.63) is 246 Å². The number of hydrogen-bond acceptors (Lipinski definition) is 15. The number of carbonyl (C=O) groups is 3. The van der Waals surface area contributed by atoms with E-state index in [1.807, 2.05) is 152 Å². The summed E-state index contributed by atoms with van der Waals surface area (Å²) < 4.78 is 77.9. The Balaban J connectivity index is 1.00. The molecule has 0 radical (unpaired) electrons. The minimum absolute atomic E-state index is 0.0412. The normalized spacial score (nSPS) is 23.3. The van der Waals surface area contributed by atoms with Gasteiger partial charge in [-0.25, -0.2) is 14.4 Å². The van der Waals surface area contributed by atoms with Gasteiger partial charge in [-0.1, -0.05) is 188 Å². The molecule has 0 bridgehead atoms. The lowest BCUT2D eigenvalue weighted by molar-refractivity contribution is -0.307. The molecule has 1 unspecified atom stereocenters. The molecule has 404 valence electrons. The molecular weight excluding hydrogens is 1020 g/mol. The maximum atomic E-state index is 14.8. The van der Waals surface area contributed by atoms with Crippen molar-refractivity contribution in [1.82, 2.24) is 0 Å². The predicted octanol–water partition coefficient (Wildman–Crippen LogP) is 8.48. The summed E-state index contributed by atoms with van der Waals surface area (Å²) in [5.41, 5.74) is 2.98. The molecule has 11 atom stereocenters. The third-order valence-corrected chi connectivity index (χ3v) is 14.5. The van der Waals surface area contributed by atoms with Gasteiger partial charge in [-0.15, -0.1) is 0 Å². The maximum absolute atomic E-state index is 14.8. The van der Waals surface area contributed by atoms with Crippen LogP contribution in [-0.2, 0) is 101 Å². The molecule has 7 aromatic carbocycles. The molecule has 15 nitrogen and oxygen atoms in total. The number of aliphatic hydroxyl groups is 1. The van der Waals surface area contributed by atoms with Crippen LogP contribution >= 0.6 is 0 Å². The van der Waals surface area contributed by atoms with Gasteiger partial charge in [-0.05, 0) is 52.1 Å². The Bertz CT molecular complexity index is 2940. The topological polar surface area (TPSA) is 181 Å². The first-order valence-electron chi connectivity index (χ1n) is 25.6. The Labute approximate surface area is 455 Å². The van der Waals surface area contributed by atoms with Gasteiger partial charge in [0, 0.05) is 4.90 Å². The molecule has 0 amide bonds. The van der Waals surface area contributed by atoms with Crippen LogP contribution in [0.15, 0.2) is 217 Å². The summed E-state index contributed by atoms with van der Waals surface area (Å²) in [5.74, 6) is -3.88. The zero-order chi connectivity index (χ0) is 53.9. The number of aliphatic hydroxyl groups excluding tert-OH is 1. The van der Waals surface area contributed by atoms with E-state index in [1.165, 1.54) is 12.1 Å². The third kappa shape index (κ3) is 15.3. The Kier molecular flexibility index (Phi) is 20.2. The number of carbonyl (C=O) groups excluding carboxylic acids is 3. The molecule has 78 heavy (non-hydrogen) atoms. The van der Waals surface area contributed by atoms with Crippen LogP contribution in [-0.4, -0.2) is 101 Å². The van der Waals surface area contributed by atoms with Crippen molar-refractivity contribution in [2.24, 2.45) is 0 Å². The van der Waals surface area contributed by atoms with Crippen molar-refractivity contribution in [3.8, 4) is 0 Å². The Morgan fingerprint density at radius 1 is 0.423 bits per heavy atom. The Hall–Kier alpha value is -7.22. The van der Waals surface area contributed by atoms with E-state index in [1.54, 1.807) is 48.5 Å². The standard InChI is InChI=1S/C62H60O15S/c63-52-50(41-68-36-43-22-8-1-9-23-43)74-61(73-40-47-30-16-5-17-31-47)56(77-58(64)48-32-18-6-19-33-48)54(52)76-60(66)59(65)72-42-51-53(69-37-44-24-10-2-11-25-44)55(70-38-45-26-12-3-13-27-45)57(71-39-46-28-14-4-15-29-46)62(75-51)78(67)49-34-20-7-21-35-49/h1-35,50-57,61-63H,36-42H2/t50-,51-,52-,53-,54+,55+,56-,57+,61+,62-,78?/m1/s1. The molecule has 0 spiro atoms. The quantitative estimate of drug-likeness (QED) is 0.0366. The van der Waals surface area contributed by atoms with Crippen LogP contribution in [0.2, 0.25) is 0 Å². The van der Waals surface area contributed by atoms with E-state index in [4.69, 9.17) is 47.4 Å². The fourth-order valence-corrected chi connectivity index (χ4v) is 10.4. The molecule has 9 rings (SSSR count). The van der Waals surface area contributed by atoms with E-state index >= 15 is 0 Å². The average molecular weight is 1080 g/mol. The second-order valence-corrected chi connectivity index (χ2v) is 20.0. The maximum Gasteiger partial charge on any atom is 0.417 e. The van der Waals surface area contributed by atoms with Crippen LogP contribution in [0.3, 0.4) is 0 Å². The highest BCUT2D eigenvalue weighted by Crippen LogP contribution is 2.35. The predicted molar refractivity (Wildman–Crippen MR) is 285 cm³/mol. The monoisotopic (exact) mass is 1080 g/mol. The zero-order valence-corrected chi connectivity index (χ0v) is 43.3. The van der Waals surface area contributed by atoms with Crippen LogP contribution in [0.1, 0.15) is 38.2 Å². The molecule has 2 aliphatic rings. The summed E-state index contributed by atoms with van der Waals surface area (Å²) in [6.07, 6.45) is -12.1. The molecule has 0 aliphatic carbocycles. The van der Waals surface area contributed by atoms with Crippen molar-refractivity contribution in [1.29, 1.82) is 0 Å². The van der Waals surface area contributed by atoms with Crippen molar-refractivity contribution in [3.63, 3.8) is 0 Å². The van der Waals surface area contributed by atoms with E-state index < -0.39 is 95.9 Å². The minimum atomic E-state index is -1.91. The molecule has 2 aliphatic heterocycles. The lowest BCUT2D eigenvalue weighted by Crippen LogP contribution is -2.62. The fourth-order valence-electron chi connectivity index (χ4n) is 8.94. The molecule has 1 N–H and O–H groups in total. The fraction of sp³-hybridized carbons (Fsp3) is 0.274. The largest absolute Gasteiger partial charge is 0.454 e. The second-order valence-electron chi connectivity index (χ2n) is 18.5. The van der Waals surface area contributed by atoms with Gasteiger partial charge in [0.15, 0.2) is 23.9 Å². The molecule has 2 heterocycles. The first-order chi connectivity index (χ1) is 38.3. The van der Waals surface area contributed by atoms with Crippen molar-refractivity contribution in [2.45, 2.75) is 98.5 Å². The van der Waals surface area contributed by atoms with E-state index in [0.29, 0.717) is 4.90 Å². The average Bonchev–Trinajstić information content (AvgIpc) is 3.59. The van der Waals surface area contributed by atoms with Crippen LogP contribution in [0.5, 0.6) is 0 Å². The minimum Gasteiger partial charge on any atom is -0.454 e. The van der Waals surface area contributed by atoms with Gasteiger partial charge < -0.3 is 52.5 Å². The molecule has 2 fully saturated rings. The number of esters is 3. The van der Waals surface area contributed by atoms with Crippen LogP contribution in [0, 0.1) is 0 Å². The summed E-state index contributed by atoms with van der Waals surface area (Å²) in [5, 5.41) is 12.0. The van der Waals surface area contributed by atoms with Crippen LogP contribution in [0.25, 0.3) is 0 Å². The van der Waals surface area contributed by atoms with E-state index in [-0.39, 0.29) is 45.2 Å². The number of rotatable bonds is 23. The van der Waals surface area contributed by atoms with E-state index in [0.717, 1.165) is 27.8 Å². The highest BCUT2D eigenvalue weighted by Gasteiger charge is 2.53. The van der Waals surface area contributed by atoms with Gasteiger partial charge in [0.2, 0.25) is 0 Å². The summed E-state index contributed by atoms with van der Waals surface area (Å²) in [7, 11) is -1.91. The third-order valence-electron chi connectivity index (χ3n) is 12.9. The summed E-state index contributed by atoms with van der Waals surface area (Å²) in [6, 6.07) is 63.6. The number of benzene rings is 7. The van der Waals surface area contributed by atoms with Crippen LogP contribution < -0.4 is 0 Å². The highest BCUT2D eigenvalue weighted by molar-refractivity contribution is 7.85. The summed E-state index contributed by atoms with van der Waals surface area (Å²) >= 11 is 0. The first-order valence-corrected chi connectivity index (χ1v) is 26.8. The molecule has 7 aromatic rings. The van der Waals surface area contributed by atoms with Gasteiger partial charge in [-0.2, -0.15) is 0 Å². The van der Waals surface area contributed by atoms with Crippen molar-refractivity contribution < 1.29 is 71.1 Å². The SMILES string of the molecule is O=C(OC[C@H]1O[C@H](S(=O)c2ccccc2)[C@@H](OCc2ccccc2)[C@@H](OCc2ccccc2)[C@@H]1OCc1ccccc1)C(=O)O[C@H]1[C@H](O)[C@@H](COCc2ccccc2)O[C@H](OCc2ccccc2)[C@@H]1OC(=O)c1ccccc1. The van der Waals surface area contributed by atoms with Gasteiger partial charge in [0.05, 0.1) is 56.0 Å². The van der Waals surface area contributed by atoms with Crippen molar-refractivity contribution >= 4 is 28.7 Å². The van der Waals surface area contributed by atoms with Gasteiger partial charge in [0.25, 0.3) is 0 Å². The molecule has 0 saturated carbocycles.